The van der Waals surface area contributed by atoms with Gasteiger partial charge in [-0.25, -0.2) is 0 Å². The number of ether oxygens (including phenoxy) is 1. The van der Waals surface area contributed by atoms with Crippen LogP contribution in [0.4, 0.5) is 13.2 Å². The molecule has 0 spiro atoms. The Kier molecular flexibility index (Phi) is 4.93. The van der Waals surface area contributed by atoms with Gasteiger partial charge in [-0.05, 0) is 52.4 Å². The average Bonchev–Trinajstić information content (AvgIpc) is 3.15. The number of alkyl halides is 3. The molecule has 1 aliphatic carbocycles. The van der Waals surface area contributed by atoms with Crippen molar-refractivity contribution in [1.29, 1.82) is 0 Å². The van der Waals surface area contributed by atoms with Gasteiger partial charge in [0, 0.05) is 13.1 Å². The Morgan fingerprint density at radius 2 is 2.10 bits per heavy atom. The quantitative estimate of drug-likeness (QED) is 0.825. The molecule has 3 nitrogen and oxygen atoms in total. The number of hydrogen-bond acceptors (Lipinski definition) is 3. The first-order chi connectivity index (χ1) is 9.35. The minimum Gasteiger partial charge on any atom is -0.405 e. The van der Waals surface area contributed by atoms with E-state index in [1.165, 1.54) is 6.07 Å². The molecule has 1 aromatic rings. The van der Waals surface area contributed by atoms with Crippen molar-refractivity contribution < 1.29 is 23.0 Å². The van der Waals surface area contributed by atoms with Crippen LogP contribution in [0.3, 0.4) is 0 Å². The van der Waals surface area contributed by atoms with Gasteiger partial charge in [0.1, 0.15) is 5.75 Å². The van der Waals surface area contributed by atoms with Gasteiger partial charge in [0.05, 0.1) is 10.6 Å². The Labute approximate surface area is 123 Å². The minimum absolute atomic E-state index is 0.247. The predicted molar refractivity (Wildman–Crippen MR) is 71.3 cm³/mol. The molecule has 1 aliphatic rings. The predicted octanol–water partition coefficient (Wildman–Crippen LogP) is 3.21. The molecule has 1 aromatic carbocycles. The number of halogens is 4. The summed E-state index contributed by atoms with van der Waals surface area (Å²) < 4.78 is 40.4. The van der Waals surface area contributed by atoms with Gasteiger partial charge in [0.15, 0.2) is 0 Å². The molecule has 2 N–H and O–H groups in total. The van der Waals surface area contributed by atoms with Crippen molar-refractivity contribution in [2.75, 3.05) is 6.54 Å². The lowest BCUT2D eigenvalue weighted by molar-refractivity contribution is -0.274. The van der Waals surface area contributed by atoms with E-state index in [-0.39, 0.29) is 16.3 Å². The lowest BCUT2D eigenvalue weighted by Gasteiger charge is -2.13. The number of aliphatic hydroxyl groups is 1. The fraction of sp³-hybridized carbons (Fsp3) is 0.538. The largest absolute Gasteiger partial charge is 0.573 e. The van der Waals surface area contributed by atoms with Crippen molar-refractivity contribution in [1.82, 2.24) is 5.32 Å². The first kappa shape index (κ1) is 15.6. The molecule has 0 heterocycles. The third kappa shape index (κ3) is 4.96. The Balaban J connectivity index is 1.84. The van der Waals surface area contributed by atoms with E-state index in [4.69, 9.17) is 0 Å². The summed E-state index contributed by atoms with van der Waals surface area (Å²) in [5.74, 6) is 0.135. The second-order valence-corrected chi connectivity index (χ2v) is 5.70. The zero-order valence-corrected chi connectivity index (χ0v) is 12.2. The van der Waals surface area contributed by atoms with Crippen LogP contribution in [0.25, 0.3) is 0 Å². The van der Waals surface area contributed by atoms with Gasteiger partial charge in [-0.3, -0.25) is 0 Å². The van der Waals surface area contributed by atoms with Crippen molar-refractivity contribution in [2.24, 2.45) is 5.92 Å². The van der Waals surface area contributed by atoms with Crippen molar-refractivity contribution in [2.45, 2.75) is 31.9 Å². The number of aliphatic hydroxyl groups excluding tert-OH is 1. The van der Waals surface area contributed by atoms with Gasteiger partial charge < -0.3 is 15.2 Å². The molecule has 0 radical (unpaired) electrons. The highest BCUT2D eigenvalue weighted by Gasteiger charge is 2.32. The summed E-state index contributed by atoms with van der Waals surface area (Å²) in [5.41, 5.74) is 0.814. The number of benzene rings is 1. The number of hydrogen-bond donors (Lipinski definition) is 2. The normalized spacial score (nSPS) is 17.1. The van der Waals surface area contributed by atoms with Crippen LogP contribution in [0.2, 0.25) is 0 Å². The zero-order chi connectivity index (χ0) is 14.8. The second-order valence-electron chi connectivity index (χ2n) is 4.85. The fourth-order valence-corrected chi connectivity index (χ4v) is 2.38. The van der Waals surface area contributed by atoms with Crippen LogP contribution in [-0.2, 0) is 6.54 Å². The first-order valence-corrected chi connectivity index (χ1v) is 7.07. The van der Waals surface area contributed by atoms with E-state index in [0.29, 0.717) is 19.0 Å². The second kappa shape index (κ2) is 6.32. The van der Waals surface area contributed by atoms with Crippen molar-refractivity contribution in [3.63, 3.8) is 0 Å². The summed E-state index contributed by atoms with van der Waals surface area (Å²) in [7, 11) is 0. The fourth-order valence-electron chi connectivity index (χ4n) is 1.87. The van der Waals surface area contributed by atoms with Gasteiger partial charge in [-0.15, -0.1) is 13.2 Å². The van der Waals surface area contributed by atoms with E-state index < -0.39 is 6.36 Å². The number of nitrogens with one attached hydrogen (secondary N) is 1. The molecule has 0 aromatic heterocycles. The highest BCUT2D eigenvalue weighted by molar-refractivity contribution is 9.10. The summed E-state index contributed by atoms with van der Waals surface area (Å²) in [6, 6.07) is 4.39. The molecular weight excluding hydrogens is 339 g/mol. The van der Waals surface area contributed by atoms with E-state index in [1.807, 2.05) is 0 Å². The zero-order valence-electron chi connectivity index (χ0n) is 10.6. The smallest absolute Gasteiger partial charge is 0.405 e. The third-order valence-electron chi connectivity index (χ3n) is 3.07. The molecule has 1 unspecified atom stereocenters. The molecule has 1 saturated carbocycles. The summed E-state index contributed by atoms with van der Waals surface area (Å²) in [6.45, 7) is 0.970. The maximum atomic E-state index is 12.1. The molecule has 2 rings (SSSR count). The van der Waals surface area contributed by atoms with Gasteiger partial charge in [-0.1, -0.05) is 6.07 Å². The van der Waals surface area contributed by atoms with E-state index >= 15 is 0 Å². The van der Waals surface area contributed by atoms with Gasteiger partial charge in [0.2, 0.25) is 0 Å². The van der Waals surface area contributed by atoms with E-state index in [1.54, 1.807) is 12.1 Å². The molecule has 7 heteroatoms. The third-order valence-corrected chi connectivity index (χ3v) is 3.69. The van der Waals surface area contributed by atoms with E-state index in [2.05, 4.69) is 26.0 Å². The van der Waals surface area contributed by atoms with E-state index in [0.717, 1.165) is 18.4 Å². The molecular formula is C13H15BrF3NO2. The molecule has 0 bridgehead atoms. The Hall–Kier alpha value is -0.790. The van der Waals surface area contributed by atoms with Crippen LogP contribution in [0.5, 0.6) is 5.75 Å². The van der Waals surface area contributed by atoms with Crippen LogP contribution in [0.15, 0.2) is 22.7 Å². The molecule has 1 atom stereocenters. The van der Waals surface area contributed by atoms with Gasteiger partial charge in [0.25, 0.3) is 0 Å². The maximum absolute atomic E-state index is 12.1. The maximum Gasteiger partial charge on any atom is 0.573 e. The van der Waals surface area contributed by atoms with Crippen molar-refractivity contribution in [3.8, 4) is 5.75 Å². The molecule has 1 fully saturated rings. The Morgan fingerprint density at radius 1 is 1.40 bits per heavy atom. The summed E-state index contributed by atoms with van der Waals surface area (Å²) >= 11 is 3.05. The minimum atomic E-state index is -4.70. The van der Waals surface area contributed by atoms with Crippen molar-refractivity contribution in [3.05, 3.63) is 28.2 Å². The lowest BCUT2D eigenvalue weighted by Crippen LogP contribution is -2.27. The summed E-state index contributed by atoms with van der Waals surface area (Å²) in [6.07, 6.45) is -2.90. The Morgan fingerprint density at radius 3 is 2.65 bits per heavy atom. The molecule has 0 amide bonds. The summed E-state index contributed by atoms with van der Waals surface area (Å²) in [5, 5.41) is 12.8. The molecule has 20 heavy (non-hydrogen) atoms. The van der Waals surface area contributed by atoms with Crippen LogP contribution in [0.1, 0.15) is 18.4 Å². The lowest BCUT2D eigenvalue weighted by atomic mass is 10.2. The molecule has 112 valence electrons. The Bertz CT molecular complexity index is 463. The van der Waals surface area contributed by atoms with Crippen LogP contribution < -0.4 is 10.1 Å². The van der Waals surface area contributed by atoms with Crippen LogP contribution in [-0.4, -0.2) is 24.1 Å². The number of rotatable bonds is 6. The van der Waals surface area contributed by atoms with Gasteiger partial charge >= 0.3 is 6.36 Å². The van der Waals surface area contributed by atoms with Gasteiger partial charge in [-0.2, -0.15) is 0 Å². The summed E-state index contributed by atoms with van der Waals surface area (Å²) in [4.78, 5) is 0. The monoisotopic (exact) mass is 353 g/mol. The molecule has 0 saturated heterocycles. The standard InChI is InChI=1S/C13H15BrF3NO2/c14-10-5-8(1-4-12(10)20-13(15,16)17)6-18-7-11(19)9-2-3-9/h1,4-5,9,11,18-19H,2-3,6-7H2. The van der Waals surface area contributed by atoms with Crippen LogP contribution in [0, 0.1) is 5.92 Å². The first-order valence-electron chi connectivity index (χ1n) is 6.28. The van der Waals surface area contributed by atoms with E-state index in [9.17, 15) is 18.3 Å². The van der Waals surface area contributed by atoms with Crippen LogP contribution >= 0.6 is 15.9 Å². The topological polar surface area (TPSA) is 41.5 Å². The molecule has 0 aliphatic heterocycles. The highest BCUT2D eigenvalue weighted by Crippen LogP contribution is 2.32. The highest BCUT2D eigenvalue weighted by atomic mass is 79.9. The SMILES string of the molecule is OC(CNCc1ccc(OC(F)(F)F)c(Br)c1)C1CC1. The van der Waals surface area contributed by atoms with Crippen molar-refractivity contribution >= 4 is 15.9 Å². The average molecular weight is 354 g/mol.